The summed E-state index contributed by atoms with van der Waals surface area (Å²) in [4.78, 5) is 22.3. The number of anilines is 1. The van der Waals surface area contributed by atoms with E-state index in [2.05, 4.69) is 4.74 Å². The Bertz CT molecular complexity index is 846. The highest BCUT2D eigenvalue weighted by Crippen LogP contribution is 2.24. The van der Waals surface area contributed by atoms with Gasteiger partial charge in [-0.25, -0.2) is 13.2 Å². The molecule has 0 saturated heterocycles. The van der Waals surface area contributed by atoms with E-state index in [1.807, 2.05) is 0 Å². The van der Waals surface area contributed by atoms with Crippen molar-refractivity contribution in [1.29, 1.82) is 0 Å². The number of esters is 1. The SMILES string of the molecule is COC(=O)CCN(c1ccccc1)S(=O)(=O)c1ccc(C(=O)O)cc1. The number of hydrogen-bond donors (Lipinski definition) is 1. The molecule has 25 heavy (non-hydrogen) atoms. The van der Waals surface area contributed by atoms with E-state index in [0.29, 0.717) is 5.69 Å². The molecule has 2 aromatic carbocycles. The van der Waals surface area contributed by atoms with Gasteiger partial charge in [0.15, 0.2) is 0 Å². The Morgan fingerprint density at radius 1 is 1.04 bits per heavy atom. The molecule has 0 fully saturated rings. The fourth-order valence-electron chi connectivity index (χ4n) is 2.17. The van der Waals surface area contributed by atoms with Gasteiger partial charge >= 0.3 is 11.9 Å². The summed E-state index contributed by atoms with van der Waals surface area (Å²) < 4.78 is 31.6. The van der Waals surface area contributed by atoms with Crippen molar-refractivity contribution in [2.75, 3.05) is 18.0 Å². The van der Waals surface area contributed by atoms with Crippen molar-refractivity contribution >= 4 is 27.6 Å². The minimum atomic E-state index is -3.97. The van der Waals surface area contributed by atoms with Crippen LogP contribution in [0.25, 0.3) is 0 Å². The molecule has 0 aliphatic carbocycles. The van der Waals surface area contributed by atoms with Crippen molar-refractivity contribution in [1.82, 2.24) is 0 Å². The molecule has 0 heterocycles. The van der Waals surface area contributed by atoms with E-state index in [0.717, 1.165) is 4.31 Å². The number of ether oxygens (including phenoxy) is 1. The van der Waals surface area contributed by atoms with Gasteiger partial charge in [-0.15, -0.1) is 0 Å². The Morgan fingerprint density at radius 3 is 2.16 bits per heavy atom. The van der Waals surface area contributed by atoms with Crippen LogP contribution in [0.4, 0.5) is 5.69 Å². The molecule has 1 N–H and O–H groups in total. The number of methoxy groups -OCH3 is 1. The van der Waals surface area contributed by atoms with Crippen LogP contribution < -0.4 is 4.31 Å². The molecule has 132 valence electrons. The fourth-order valence-corrected chi connectivity index (χ4v) is 3.64. The zero-order valence-corrected chi connectivity index (χ0v) is 14.3. The lowest BCUT2D eigenvalue weighted by Crippen LogP contribution is -2.33. The van der Waals surface area contributed by atoms with Crippen LogP contribution in [0.5, 0.6) is 0 Å². The molecule has 0 radical (unpaired) electrons. The maximum Gasteiger partial charge on any atom is 0.335 e. The van der Waals surface area contributed by atoms with Crippen molar-refractivity contribution in [3.8, 4) is 0 Å². The molecule has 0 saturated carbocycles. The number of aromatic carboxylic acids is 1. The zero-order chi connectivity index (χ0) is 18.4. The van der Waals surface area contributed by atoms with Gasteiger partial charge in [0, 0.05) is 6.54 Å². The lowest BCUT2D eigenvalue weighted by atomic mass is 10.2. The third kappa shape index (κ3) is 4.36. The van der Waals surface area contributed by atoms with Gasteiger partial charge in [-0.3, -0.25) is 9.10 Å². The van der Waals surface area contributed by atoms with Crippen LogP contribution in [0.15, 0.2) is 59.5 Å². The first-order valence-electron chi connectivity index (χ1n) is 7.34. The lowest BCUT2D eigenvalue weighted by Gasteiger charge is -2.24. The van der Waals surface area contributed by atoms with E-state index in [9.17, 15) is 18.0 Å². The van der Waals surface area contributed by atoms with Crippen LogP contribution in [0.2, 0.25) is 0 Å². The molecule has 0 unspecified atom stereocenters. The summed E-state index contributed by atoms with van der Waals surface area (Å²) in [6.07, 6.45) is -0.113. The Hall–Kier alpha value is -2.87. The molecule has 0 aliphatic rings. The van der Waals surface area contributed by atoms with E-state index in [1.54, 1.807) is 30.3 Å². The Morgan fingerprint density at radius 2 is 1.64 bits per heavy atom. The summed E-state index contributed by atoms with van der Waals surface area (Å²) in [5, 5.41) is 8.93. The van der Waals surface area contributed by atoms with Crippen LogP contribution in [0.3, 0.4) is 0 Å². The van der Waals surface area contributed by atoms with Gasteiger partial charge in [0.25, 0.3) is 10.0 Å². The van der Waals surface area contributed by atoms with E-state index in [-0.39, 0.29) is 23.4 Å². The molecule has 0 amide bonds. The van der Waals surface area contributed by atoms with Crippen LogP contribution in [0.1, 0.15) is 16.8 Å². The summed E-state index contributed by atoms with van der Waals surface area (Å²) in [6, 6.07) is 13.2. The van der Waals surface area contributed by atoms with E-state index < -0.39 is 22.0 Å². The number of rotatable bonds is 7. The van der Waals surface area contributed by atoms with Gasteiger partial charge in [0.2, 0.25) is 0 Å². The van der Waals surface area contributed by atoms with Gasteiger partial charge in [-0.2, -0.15) is 0 Å². The van der Waals surface area contributed by atoms with Gasteiger partial charge in [0.1, 0.15) is 0 Å². The van der Waals surface area contributed by atoms with Crippen molar-refractivity contribution in [3.05, 3.63) is 60.2 Å². The molecule has 0 bridgehead atoms. The van der Waals surface area contributed by atoms with Crippen molar-refractivity contribution in [3.63, 3.8) is 0 Å². The first kappa shape index (κ1) is 18.5. The number of benzene rings is 2. The second kappa shape index (κ2) is 7.80. The van der Waals surface area contributed by atoms with Gasteiger partial charge < -0.3 is 9.84 Å². The summed E-state index contributed by atoms with van der Waals surface area (Å²) in [7, 11) is -2.74. The van der Waals surface area contributed by atoms with Crippen molar-refractivity contribution < 1.29 is 27.9 Å². The number of carboxylic acid groups (broad SMARTS) is 1. The topological polar surface area (TPSA) is 101 Å². The van der Waals surface area contributed by atoms with Crippen LogP contribution in [-0.2, 0) is 19.6 Å². The summed E-state index contributed by atoms with van der Waals surface area (Å²) in [5.74, 6) is -1.67. The molecule has 0 atom stereocenters. The monoisotopic (exact) mass is 363 g/mol. The fraction of sp³-hybridized carbons (Fsp3) is 0.176. The molecule has 2 rings (SSSR count). The average molecular weight is 363 g/mol. The Balaban J connectivity index is 2.40. The highest BCUT2D eigenvalue weighted by molar-refractivity contribution is 7.92. The normalized spacial score (nSPS) is 10.9. The molecule has 7 nitrogen and oxygen atoms in total. The predicted molar refractivity (Wildman–Crippen MR) is 91.0 cm³/mol. The second-order valence-corrected chi connectivity index (χ2v) is 6.93. The molecule has 0 aliphatic heterocycles. The second-order valence-electron chi connectivity index (χ2n) is 5.07. The summed E-state index contributed by atoms with van der Waals surface area (Å²) >= 11 is 0. The number of nitrogens with zero attached hydrogens (tertiary/aromatic N) is 1. The number of hydrogen-bond acceptors (Lipinski definition) is 5. The highest BCUT2D eigenvalue weighted by Gasteiger charge is 2.25. The first-order chi connectivity index (χ1) is 11.9. The highest BCUT2D eigenvalue weighted by atomic mass is 32.2. The predicted octanol–water partition coefficient (Wildman–Crippen LogP) is 2.14. The number of carbonyl (C=O) groups is 2. The van der Waals surface area contributed by atoms with E-state index in [1.165, 1.54) is 31.4 Å². The van der Waals surface area contributed by atoms with Crippen LogP contribution in [0, 0.1) is 0 Å². The number of carboxylic acids is 1. The molecular formula is C17H17NO6S. The molecular weight excluding hydrogens is 346 g/mol. The Labute approximate surface area is 145 Å². The van der Waals surface area contributed by atoms with Gasteiger partial charge in [-0.1, -0.05) is 18.2 Å². The van der Waals surface area contributed by atoms with Crippen LogP contribution >= 0.6 is 0 Å². The minimum Gasteiger partial charge on any atom is -0.478 e. The molecule has 0 spiro atoms. The molecule has 2 aromatic rings. The van der Waals surface area contributed by atoms with Crippen LogP contribution in [-0.4, -0.2) is 39.1 Å². The standard InChI is InChI=1S/C17H17NO6S/c1-24-16(19)11-12-18(14-5-3-2-4-6-14)25(22,23)15-9-7-13(8-10-15)17(20)21/h2-10H,11-12H2,1H3,(H,20,21). The molecule has 0 aromatic heterocycles. The third-order valence-electron chi connectivity index (χ3n) is 3.48. The Kier molecular flexibility index (Phi) is 5.76. The van der Waals surface area contributed by atoms with Gasteiger partial charge in [0.05, 0.1) is 29.7 Å². The first-order valence-corrected chi connectivity index (χ1v) is 8.78. The minimum absolute atomic E-state index is 0.0141. The van der Waals surface area contributed by atoms with E-state index in [4.69, 9.17) is 5.11 Å². The zero-order valence-electron chi connectivity index (χ0n) is 13.5. The number of para-hydroxylation sites is 1. The lowest BCUT2D eigenvalue weighted by molar-refractivity contribution is -0.140. The average Bonchev–Trinajstić information content (AvgIpc) is 2.62. The molecule has 8 heteroatoms. The number of sulfonamides is 1. The van der Waals surface area contributed by atoms with E-state index >= 15 is 0 Å². The van der Waals surface area contributed by atoms with Crippen molar-refractivity contribution in [2.45, 2.75) is 11.3 Å². The number of carbonyl (C=O) groups excluding carboxylic acids is 1. The maximum absolute atomic E-state index is 12.9. The quantitative estimate of drug-likeness (QED) is 0.757. The summed E-state index contributed by atoms with van der Waals surface area (Å²) in [5.41, 5.74) is 0.383. The maximum atomic E-state index is 12.9. The largest absolute Gasteiger partial charge is 0.478 e. The van der Waals surface area contributed by atoms with Gasteiger partial charge in [-0.05, 0) is 36.4 Å². The van der Waals surface area contributed by atoms with Crippen molar-refractivity contribution in [2.24, 2.45) is 0 Å². The smallest absolute Gasteiger partial charge is 0.335 e. The summed E-state index contributed by atoms with van der Waals surface area (Å²) in [6.45, 7) is -0.0975. The third-order valence-corrected chi connectivity index (χ3v) is 5.32.